The van der Waals surface area contributed by atoms with E-state index >= 15 is 0 Å². The van der Waals surface area contributed by atoms with Crippen molar-refractivity contribution in [3.05, 3.63) is 47.8 Å². The molecule has 2 N–H and O–H groups in total. The van der Waals surface area contributed by atoms with Crippen molar-refractivity contribution < 1.29 is 26.8 Å². The molecule has 0 unspecified atom stereocenters. The van der Waals surface area contributed by atoms with Gasteiger partial charge in [0.2, 0.25) is 10.0 Å². The average Bonchev–Trinajstić information content (AvgIpc) is 2.99. The van der Waals surface area contributed by atoms with Crippen molar-refractivity contribution in [1.29, 1.82) is 0 Å². The Kier molecular flexibility index (Phi) is 6.02. The van der Waals surface area contributed by atoms with Gasteiger partial charge in [0, 0.05) is 23.6 Å². The summed E-state index contributed by atoms with van der Waals surface area (Å²) in [6, 6.07) is 8.61. The van der Waals surface area contributed by atoms with E-state index in [9.17, 15) is 17.6 Å². The number of ether oxygens (including phenoxy) is 1. The largest absolute Gasteiger partial charge is 0.489 e. The summed E-state index contributed by atoms with van der Waals surface area (Å²) in [7, 11) is -3.58. The van der Waals surface area contributed by atoms with E-state index < -0.39 is 15.8 Å². The smallest absolute Gasteiger partial charge is 0.255 e. The number of sulfonamides is 1. The fourth-order valence-corrected chi connectivity index (χ4v) is 3.59. The second-order valence-electron chi connectivity index (χ2n) is 7.06. The zero-order valence-electron chi connectivity index (χ0n) is 17.1. The van der Waals surface area contributed by atoms with Gasteiger partial charge in [-0.05, 0) is 51.1 Å². The molecule has 1 amide bonds. The Hall–Kier alpha value is -3.07. The van der Waals surface area contributed by atoms with Crippen LogP contribution in [0.3, 0.4) is 0 Å². The molecule has 3 aromatic rings. The Morgan fingerprint density at radius 1 is 1.20 bits per heavy atom. The summed E-state index contributed by atoms with van der Waals surface area (Å²) in [6.45, 7) is 5.80. The topological polar surface area (TPSA) is 97.6 Å². The van der Waals surface area contributed by atoms with Gasteiger partial charge in [0.25, 0.3) is 5.91 Å². The van der Waals surface area contributed by atoms with Crippen molar-refractivity contribution in [2.24, 2.45) is 0 Å². The lowest BCUT2D eigenvalue weighted by Gasteiger charge is -2.15. The Morgan fingerprint density at radius 2 is 1.87 bits per heavy atom. The molecule has 160 valence electrons. The lowest BCUT2D eigenvalue weighted by Crippen LogP contribution is -2.23. The second kappa shape index (κ2) is 8.35. The van der Waals surface area contributed by atoms with Crippen LogP contribution < -0.4 is 14.8 Å². The van der Waals surface area contributed by atoms with Gasteiger partial charge in [0.05, 0.1) is 23.6 Å². The molecule has 0 fully saturated rings. The number of nitrogens with one attached hydrogen (secondary N) is 2. The number of carbonyl (C=O) groups excluding carboxylic acids is 1. The number of benzene rings is 2. The third-order valence-corrected chi connectivity index (χ3v) is 4.71. The minimum atomic E-state index is -3.58. The molecule has 0 aliphatic rings. The SMILES string of the molecule is CCNC(=O)c1c(-c2ccc(F)cc2)oc2cc(NS(C)(=O)=O)c(OC(C)C)cc12. The first-order valence-electron chi connectivity index (χ1n) is 9.38. The normalized spacial score (nSPS) is 11.7. The molecule has 2 aromatic carbocycles. The van der Waals surface area contributed by atoms with Crippen LogP contribution in [0.25, 0.3) is 22.3 Å². The molecule has 0 spiro atoms. The summed E-state index contributed by atoms with van der Waals surface area (Å²) >= 11 is 0. The maximum Gasteiger partial charge on any atom is 0.255 e. The Morgan fingerprint density at radius 3 is 2.43 bits per heavy atom. The maximum absolute atomic E-state index is 13.4. The van der Waals surface area contributed by atoms with Crippen LogP contribution in [0.5, 0.6) is 5.75 Å². The van der Waals surface area contributed by atoms with Crippen molar-refractivity contribution in [2.75, 3.05) is 17.5 Å². The van der Waals surface area contributed by atoms with Crippen LogP contribution in [0.4, 0.5) is 10.1 Å². The first-order valence-corrected chi connectivity index (χ1v) is 11.3. The molecule has 0 aliphatic heterocycles. The van der Waals surface area contributed by atoms with E-state index in [1.807, 2.05) is 0 Å². The van der Waals surface area contributed by atoms with Gasteiger partial charge in [0.15, 0.2) is 0 Å². The predicted molar refractivity (Wildman–Crippen MR) is 114 cm³/mol. The molecule has 0 radical (unpaired) electrons. The minimum absolute atomic E-state index is 0.195. The number of rotatable bonds is 7. The van der Waals surface area contributed by atoms with Gasteiger partial charge in [0.1, 0.15) is 22.9 Å². The molecule has 30 heavy (non-hydrogen) atoms. The number of carbonyl (C=O) groups is 1. The standard InChI is InChI=1S/C21H23FN2O5S/c1-5-23-21(25)19-15-10-18(28-12(2)3)16(24-30(4,26)27)11-17(15)29-20(19)13-6-8-14(22)9-7-13/h6-12,24H,5H2,1-4H3,(H,23,25). The van der Waals surface area contributed by atoms with Crippen molar-refractivity contribution >= 4 is 32.6 Å². The predicted octanol–water partition coefficient (Wildman–Crippen LogP) is 4.15. The van der Waals surface area contributed by atoms with Gasteiger partial charge in [-0.2, -0.15) is 0 Å². The minimum Gasteiger partial charge on any atom is -0.489 e. The Balaban J connectivity index is 2.29. The molecule has 0 atom stereocenters. The molecule has 1 heterocycles. The van der Waals surface area contributed by atoms with Gasteiger partial charge >= 0.3 is 0 Å². The van der Waals surface area contributed by atoms with E-state index in [1.54, 1.807) is 26.8 Å². The van der Waals surface area contributed by atoms with E-state index in [4.69, 9.17) is 9.15 Å². The fourth-order valence-electron chi connectivity index (χ4n) is 3.03. The van der Waals surface area contributed by atoms with Crippen molar-refractivity contribution in [3.8, 4) is 17.1 Å². The highest BCUT2D eigenvalue weighted by Crippen LogP contribution is 2.39. The number of anilines is 1. The van der Waals surface area contributed by atoms with Crippen LogP contribution in [-0.2, 0) is 10.0 Å². The molecular formula is C21H23FN2O5S. The molecule has 0 saturated carbocycles. The summed E-state index contributed by atoms with van der Waals surface area (Å²) in [5, 5.41) is 3.20. The summed E-state index contributed by atoms with van der Waals surface area (Å²) < 4.78 is 51.1. The number of amides is 1. The molecule has 3 rings (SSSR count). The summed E-state index contributed by atoms with van der Waals surface area (Å²) in [4.78, 5) is 12.8. The Bertz CT molecular complexity index is 1180. The number of furan rings is 1. The molecule has 0 bridgehead atoms. The van der Waals surface area contributed by atoms with Crippen molar-refractivity contribution in [3.63, 3.8) is 0 Å². The number of fused-ring (bicyclic) bond motifs is 1. The zero-order valence-corrected chi connectivity index (χ0v) is 17.9. The molecule has 7 nitrogen and oxygen atoms in total. The van der Waals surface area contributed by atoms with Crippen LogP contribution in [0.2, 0.25) is 0 Å². The highest BCUT2D eigenvalue weighted by Gasteiger charge is 2.24. The summed E-state index contributed by atoms with van der Waals surface area (Å²) in [5.74, 6) is -0.264. The van der Waals surface area contributed by atoms with Gasteiger partial charge in [-0.25, -0.2) is 12.8 Å². The number of halogens is 1. The third-order valence-electron chi connectivity index (χ3n) is 4.12. The monoisotopic (exact) mass is 434 g/mol. The quantitative estimate of drug-likeness (QED) is 0.582. The summed E-state index contributed by atoms with van der Waals surface area (Å²) in [6.07, 6.45) is 0.793. The molecule has 0 aliphatic carbocycles. The van der Waals surface area contributed by atoms with Gasteiger partial charge < -0.3 is 14.5 Å². The van der Waals surface area contributed by atoms with Crippen LogP contribution in [0.1, 0.15) is 31.1 Å². The van der Waals surface area contributed by atoms with E-state index in [0.717, 1.165) is 6.26 Å². The first kappa shape index (κ1) is 21.6. The van der Waals surface area contributed by atoms with Crippen LogP contribution >= 0.6 is 0 Å². The van der Waals surface area contributed by atoms with E-state index in [-0.39, 0.29) is 40.4 Å². The number of hydrogen-bond acceptors (Lipinski definition) is 5. The van der Waals surface area contributed by atoms with E-state index in [2.05, 4.69) is 10.0 Å². The molecular weight excluding hydrogens is 411 g/mol. The third kappa shape index (κ3) is 4.73. The van der Waals surface area contributed by atoms with Gasteiger partial charge in [-0.1, -0.05) is 0 Å². The van der Waals surface area contributed by atoms with Gasteiger partial charge in [-0.15, -0.1) is 0 Å². The van der Waals surface area contributed by atoms with E-state index in [1.165, 1.54) is 30.3 Å². The van der Waals surface area contributed by atoms with Crippen LogP contribution in [-0.4, -0.2) is 33.2 Å². The van der Waals surface area contributed by atoms with Crippen LogP contribution in [0.15, 0.2) is 40.8 Å². The van der Waals surface area contributed by atoms with E-state index in [0.29, 0.717) is 17.5 Å². The molecule has 0 saturated heterocycles. The number of hydrogen-bond donors (Lipinski definition) is 2. The van der Waals surface area contributed by atoms with Crippen molar-refractivity contribution in [2.45, 2.75) is 26.9 Å². The first-order chi connectivity index (χ1) is 14.1. The fraction of sp³-hybridized carbons (Fsp3) is 0.286. The summed E-state index contributed by atoms with van der Waals surface area (Å²) in [5.41, 5.74) is 1.26. The zero-order chi connectivity index (χ0) is 22.1. The highest BCUT2D eigenvalue weighted by atomic mass is 32.2. The molecule has 9 heteroatoms. The lowest BCUT2D eigenvalue weighted by molar-refractivity contribution is 0.0957. The average molecular weight is 434 g/mol. The van der Waals surface area contributed by atoms with Crippen LogP contribution in [0, 0.1) is 5.82 Å². The van der Waals surface area contributed by atoms with Gasteiger partial charge in [-0.3, -0.25) is 9.52 Å². The molecule has 1 aromatic heterocycles. The lowest BCUT2D eigenvalue weighted by atomic mass is 10.0. The second-order valence-corrected chi connectivity index (χ2v) is 8.81. The highest BCUT2D eigenvalue weighted by molar-refractivity contribution is 7.92. The van der Waals surface area contributed by atoms with Crippen molar-refractivity contribution in [1.82, 2.24) is 5.32 Å². The Labute approximate surface area is 174 Å². The maximum atomic E-state index is 13.4.